The van der Waals surface area contributed by atoms with Crippen molar-refractivity contribution in [1.29, 1.82) is 0 Å². The van der Waals surface area contributed by atoms with Gasteiger partial charge >= 0.3 is 6.09 Å². The van der Waals surface area contributed by atoms with E-state index in [1.54, 1.807) is 0 Å². The van der Waals surface area contributed by atoms with Crippen LogP contribution in [0.5, 0.6) is 0 Å². The molecule has 1 aliphatic carbocycles. The first kappa shape index (κ1) is 16.9. The second kappa shape index (κ2) is 7.73. The van der Waals surface area contributed by atoms with Gasteiger partial charge in [-0.05, 0) is 38.7 Å². The van der Waals surface area contributed by atoms with Gasteiger partial charge in [-0.1, -0.05) is 72.3 Å². The molecular formula is C19H19NO2S2. The van der Waals surface area contributed by atoms with Gasteiger partial charge in [0.2, 0.25) is 0 Å². The van der Waals surface area contributed by atoms with Crippen LogP contribution >= 0.6 is 21.4 Å². The summed E-state index contributed by atoms with van der Waals surface area (Å²) >= 11 is 4.28. The third-order valence-electron chi connectivity index (χ3n) is 3.91. The largest absolute Gasteiger partial charge is 0.440 e. The maximum atomic E-state index is 12.2. The van der Waals surface area contributed by atoms with Crippen LogP contribution in [0.3, 0.4) is 0 Å². The number of hydrogen-bond acceptors (Lipinski definition) is 3. The van der Waals surface area contributed by atoms with Crippen molar-refractivity contribution in [3.63, 3.8) is 0 Å². The van der Waals surface area contributed by atoms with Gasteiger partial charge in [0.1, 0.15) is 6.10 Å². The fraction of sp³-hybridized carbons (Fsp3) is 0.158. The molecule has 0 saturated carbocycles. The van der Waals surface area contributed by atoms with E-state index in [9.17, 15) is 4.79 Å². The molecule has 5 heteroatoms. The number of benzene rings is 2. The number of thiol groups is 1. The summed E-state index contributed by atoms with van der Waals surface area (Å²) < 4.78 is 8.46. The van der Waals surface area contributed by atoms with Crippen LogP contribution in [0.1, 0.15) is 35.3 Å². The summed E-state index contributed by atoms with van der Waals surface area (Å²) in [6.07, 6.45) is 4.04. The van der Waals surface area contributed by atoms with Crippen molar-refractivity contribution in [1.82, 2.24) is 4.72 Å². The van der Waals surface area contributed by atoms with Crippen molar-refractivity contribution in [2.24, 2.45) is 0 Å². The number of carbonyl (C=O) groups excluding carboxylic acids is 1. The highest BCUT2D eigenvalue weighted by atomic mass is 33.1. The lowest BCUT2D eigenvalue weighted by atomic mass is 9.91. The molecule has 0 fully saturated rings. The van der Waals surface area contributed by atoms with Crippen LogP contribution in [0.2, 0.25) is 0 Å². The van der Waals surface area contributed by atoms with Crippen LogP contribution in [-0.4, -0.2) is 11.5 Å². The molecule has 1 amide bonds. The minimum atomic E-state index is -0.591. The summed E-state index contributed by atoms with van der Waals surface area (Å²) in [5.41, 5.74) is 4.39. The van der Waals surface area contributed by atoms with Gasteiger partial charge in [0, 0.05) is 12.0 Å². The maximum Gasteiger partial charge on any atom is 0.418 e. The Kier molecular flexibility index (Phi) is 5.43. The highest BCUT2D eigenvalue weighted by Gasteiger charge is 2.22. The van der Waals surface area contributed by atoms with Gasteiger partial charge in [0.15, 0.2) is 0 Å². The van der Waals surface area contributed by atoms with E-state index in [0.717, 1.165) is 22.3 Å². The number of nitrogens with one attached hydrogen (secondary N) is 1. The van der Waals surface area contributed by atoms with E-state index in [1.165, 1.54) is 0 Å². The van der Waals surface area contributed by atoms with E-state index in [2.05, 4.69) is 40.7 Å². The van der Waals surface area contributed by atoms with Crippen molar-refractivity contribution in [2.75, 3.05) is 0 Å². The van der Waals surface area contributed by atoms with Crippen molar-refractivity contribution < 1.29 is 9.53 Å². The van der Waals surface area contributed by atoms with Gasteiger partial charge in [-0.2, -0.15) is 0 Å². The third-order valence-corrected chi connectivity index (χ3v) is 5.63. The SMILES string of the molecule is C/C=S(\S)NC(=O)OC1Cc2ccccc2/C=C\c2ccccc21. The first-order chi connectivity index (χ1) is 11.7. The highest BCUT2D eigenvalue weighted by molar-refractivity contribution is 8.75. The number of amides is 1. The lowest BCUT2D eigenvalue weighted by Gasteiger charge is -2.23. The Morgan fingerprint density at radius 2 is 1.83 bits per heavy atom. The Labute approximate surface area is 149 Å². The molecule has 0 radical (unpaired) electrons. The van der Waals surface area contributed by atoms with Gasteiger partial charge in [-0.25, -0.2) is 4.79 Å². The summed E-state index contributed by atoms with van der Waals surface area (Å²) in [5, 5.41) is 1.81. The third kappa shape index (κ3) is 3.91. The zero-order valence-electron chi connectivity index (χ0n) is 13.3. The average molecular weight is 358 g/mol. The van der Waals surface area contributed by atoms with E-state index < -0.39 is 15.8 Å². The van der Waals surface area contributed by atoms with Crippen LogP contribution < -0.4 is 4.72 Å². The number of rotatable bonds is 2. The predicted octanol–water partition coefficient (Wildman–Crippen LogP) is 5.03. The zero-order valence-corrected chi connectivity index (χ0v) is 15.0. The first-order valence-electron chi connectivity index (χ1n) is 7.71. The predicted molar refractivity (Wildman–Crippen MR) is 106 cm³/mol. The quantitative estimate of drug-likeness (QED) is 0.449. The van der Waals surface area contributed by atoms with Crippen molar-refractivity contribution >= 4 is 45.0 Å². The van der Waals surface area contributed by atoms with Crippen molar-refractivity contribution in [3.05, 3.63) is 70.8 Å². The lowest BCUT2D eigenvalue weighted by Crippen LogP contribution is -2.23. The van der Waals surface area contributed by atoms with E-state index >= 15 is 0 Å². The Balaban J connectivity index is 1.95. The van der Waals surface area contributed by atoms with Crippen LogP contribution in [-0.2, 0) is 11.2 Å². The second-order valence-electron chi connectivity index (χ2n) is 5.41. The molecule has 0 heterocycles. The lowest BCUT2D eigenvalue weighted by molar-refractivity contribution is 0.103. The van der Waals surface area contributed by atoms with Crippen LogP contribution in [0, 0.1) is 0 Å². The van der Waals surface area contributed by atoms with E-state index in [1.807, 2.05) is 48.7 Å². The van der Waals surface area contributed by atoms with Gasteiger partial charge in [0.25, 0.3) is 0 Å². The van der Waals surface area contributed by atoms with Gasteiger partial charge in [0.05, 0.1) is 0 Å². The molecule has 124 valence electrons. The van der Waals surface area contributed by atoms with E-state index in [0.29, 0.717) is 6.42 Å². The number of hydrogen-bond donors (Lipinski definition) is 2. The van der Waals surface area contributed by atoms with Crippen molar-refractivity contribution in [3.8, 4) is 0 Å². The molecule has 2 atom stereocenters. The van der Waals surface area contributed by atoms with Crippen LogP contribution in [0.25, 0.3) is 12.2 Å². The summed E-state index contributed by atoms with van der Waals surface area (Å²) in [5.74, 6) is 0. The smallest absolute Gasteiger partial charge is 0.418 e. The Bertz CT molecular complexity index is 815. The molecule has 0 saturated heterocycles. The molecule has 1 aliphatic rings. The normalized spacial score (nSPS) is 18.5. The summed E-state index contributed by atoms with van der Waals surface area (Å²) in [7, 11) is -0.591. The molecule has 0 spiro atoms. The highest BCUT2D eigenvalue weighted by Crippen LogP contribution is 2.31. The second-order valence-corrected chi connectivity index (χ2v) is 7.90. The van der Waals surface area contributed by atoms with Gasteiger partial charge < -0.3 is 4.74 Å². The minimum absolute atomic E-state index is 0.338. The Morgan fingerprint density at radius 1 is 1.17 bits per heavy atom. The zero-order chi connectivity index (χ0) is 16.9. The molecule has 3 nitrogen and oxygen atoms in total. The summed E-state index contributed by atoms with van der Waals surface area (Å²) in [6.45, 7) is 1.85. The fourth-order valence-electron chi connectivity index (χ4n) is 2.73. The van der Waals surface area contributed by atoms with E-state index in [4.69, 9.17) is 4.74 Å². The summed E-state index contributed by atoms with van der Waals surface area (Å²) in [4.78, 5) is 12.2. The Hall–Kier alpha value is -1.98. The number of ether oxygens (including phenoxy) is 1. The molecule has 0 aromatic heterocycles. The number of carbonyl (C=O) groups is 1. The molecule has 0 aliphatic heterocycles. The molecule has 2 unspecified atom stereocenters. The topological polar surface area (TPSA) is 38.3 Å². The minimum Gasteiger partial charge on any atom is -0.440 e. The fourth-order valence-corrected chi connectivity index (χ4v) is 3.29. The summed E-state index contributed by atoms with van der Waals surface area (Å²) in [6, 6.07) is 16.2. The molecule has 2 aromatic carbocycles. The van der Waals surface area contributed by atoms with E-state index in [-0.39, 0.29) is 6.10 Å². The number of fused-ring (bicyclic) bond motifs is 2. The first-order valence-corrected chi connectivity index (χ1v) is 10.0. The molecule has 3 rings (SSSR count). The standard InChI is InChI=1S/C19H19NO2S2/c1-2-24(23)20-19(21)22-18-13-16-9-4-3-7-14(16)11-12-15-8-5-6-10-17(15)18/h2-12,18,23H,13H2,1H3,(H,20,21)/b12-11-. The molecular weight excluding hydrogens is 338 g/mol. The van der Waals surface area contributed by atoms with Crippen molar-refractivity contribution in [2.45, 2.75) is 19.4 Å². The molecule has 0 bridgehead atoms. The Morgan fingerprint density at radius 3 is 2.62 bits per heavy atom. The average Bonchev–Trinajstić information content (AvgIpc) is 2.59. The monoisotopic (exact) mass is 357 g/mol. The molecule has 2 aromatic rings. The molecule has 1 N–H and O–H groups in total. The molecule has 24 heavy (non-hydrogen) atoms. The van der Waals surface area contributed by atoms with Crippen LogP contribution in [0.15, 0.2) is 48.5 Å². The maximum absolute atomic E-state index is 12.2. The van der Waals surface area contributed by atoms with Gasteiger partial charge in [-0.15, -0.1) is 0 Å². The van der Waals surface area contributed by atoms with Gasteiger partial charge in [-0.3, -0.25) is 4.72 Å². The van der Waals surface area contributed by atoms with Crippen LogP contribution in [0.4, 0.5) is 4.79 Å².